The number of benzene rings is 10. The molecule has 0 aromatic heterocycles. The van der Waals surface area contributed by atoms with Crippen LogP contribution in [0.5, 0.6) is 11.5 Å². The summed E-state index contributed by atoms with van der Waals surface area (Å²) < 4.78 is 7.34. The lowest BCUT2D eigenvalue weighted by Crippen LogP contribution is -2.16. The van der Waals surface area contributed by atoms with Gasteiger partial charge in [-0.05, 0) is 108 Å². The summed E-state index contributed by atoms with van der Waals surface area (Å²) in [5.41, 5.74) is 15.1. The summed E-state index contributed by atoms with van der Waals surface area (Å²) in [4.78, 5) is 2.45. The van der Waals surface area contributed by atoms with Crippen LogP contribution in [-0.2, 0) is 5.41 Å². The van der Waals surface area contributed by atoms with E-state index < -0.39 is 0 Å². The van der Waals surface area contributed by atoms with Gasteiger partial charge in [0.05, 0.1) is 5.69 Å². The number of ether oxygens (including phenoxy) is 1. The number of hydrogen-bond donors (Lipinski definition) is 0. The third-order valence-electron chi connectivity index (χ3n) is 12.8. The third-order valence-corrected chi connectivity index (χ3v) is 12.8. The highest BCUT2D eigenvalue weighted by Gasteiger charge is 2.36. The zero-order chi connectivity index (χ0) is 39.2. The highest BCUT2D eigenvalue weighted by Crippen LogP contribution is 2.55. The highest BCUT2D eigenvalue weighted by atomic mass is 16.5. The van der Waals surface area contributed by atoms with Crippen LogP contribution in [0.25, 0.3) is 76.8 Å². The minimum absolute atomic E-state index is 0.153. The second kappa shape index (κ2) is 12.8. The molecule has 2 heteroatoms. The second-order valence-electron chi connectivity index (χ2n) is 16.5. The van der Waals surface area contributed by atoms with Crippen LogP contribution >= 0.6 is 0 Å². The van der Waals surface area contributed by atoms with E-state index in [4.69, 9.17) is 4.74 Å². The maximum absolute atomic E-state index is 7.34. The van der Waals surface area contributed by atoms with Crippen molar-refractivity contribution in [2.45, 2.75) is 19.3 Å². The lowest BCUT2D eigenvalue weighted by Gasteiger charge is -2.30. The molecule has 2 nitrogen and oxygen atoms in total. The molecule has 0 fully saturated rings. The Hall–Kier alpha value is -7.42. The van der Waals surface area contributed by atoms with Gasteiger partial charge < -0.3 is 9.64 Å². The smallest absolute Gasteiger partial charge is 0.143 e. The quantitative estimate of drug-likeness (QED) is 0.166. The molecule has 0 saturated carbocycles. The van der Waals surface area contributed by atoms with Crippen LogP contribution in [-0.4, -0.2) is 0 Å². The first kappa shape index (κ1) is 33.7. The van der Waals surface area contributed by atoms with Crippen molar-refractivity contribution in [1.29, 1.82) is 0 Å². The Morgan fingerprint density at radius 1 is 0.373 bits per heavy atom. The van der Waals surface area contributed by atoms with Gasteiger partial charge in [0, 0.05) is 44.9 Å². The fraction of sp³-hybridized carbons (Fsp3) is 0.0526. The maximum Gasteiger partial charge on any atom is 0.143 e. The lowest BCUT2D eigenvalue weighted by atomic mass is 9.82. The van der Waals surface area contributed by atoms with Crippen molar-refractivity contribution in [3.05, 3.63) is 211 Å². The second-order valence-corrected chi connectivity index (χ2v) is 16.5. The summed E-state index contributed by atoms with van der Waals surface area (Å²) in [6, 6.07) is 73.2. The molecular weight excluding hydrogens is 715 g/mol. The number of para-hydroxylation sites is 1. The largest absolute Gasteiger partial charge is 0.455 e. The molecule has 12 rings (SSSR count). The van der Waals surface area contributed by atoms with Crippen molar-refractivity contribution >= 4 is 49.4 Å². The van der Waals surface area contributed by atoms with Crippen LogP contribution in [0.4, 0.5) is 17.1 Å². The van der Waals surface area contributed by atoms with Gasteiger partial charge in [-0.25, -0.2) is 0 Å². The SMILES string of the molecule is CC1(C)c2ccccc2-c2ccc(N(c3ccc4c(c3)Oc3c(-c5ccccc5)cccc3-c3cc5ccccc5cc3-4)c3cc4ccccc4c4ccccc34)cc21. The third kappa shape index (κ3) is 5.13. The average molecular weight is 754 g/mol. The van der Waals surface area contributed by atoms with E-state index in [2.05, 4.69) is 219 Å². The summed E-state index contributed by atoms with van der Waals surface area (Å²) in [6.45, 7) is 4.71. The zero-order valence-corrected chi connectivity index (χ0v) is 32.9. The van der Waals surface area contributed by atoms with Crippen molar-refractivity contribution in [1.82, 2.24) is 0 Å². The molecule has 1 aliphatic carbocycles. The van der Waals surface area contributed by atoms with Crippen LogP contribution in [0.2, 0.25) is 0 Å². The van der Waals surface area contributed by atoms with Crippen LogP contribution in [0.1, 0.15) is 25.0 Å². The Labute approximate surface area is 344 Å². The number of rotatable bonds is 4. The molecule has 0 bridgehead atoms. The van der Waals surface area contributed by atoms with E-state index in [9.17, 15) is 0 Å². The normalized spacial score (nSPS) is 13.2. The number of hydrogen-bond acceptors (Lipinski definition) is 2. The highest BCUT2D eigenvalue weighted by molar-refractivity contribution is 6.15. The summed E-state index contributed by atoms with van der Waals surface area (Å²) in [6.07, 6.45) is 0. The van der Waals surface area contributed by atoms with Gasteiger partial charge in [-0.2, -0.15) is 0 Å². The first-order valence-corrected chi connectivity index (χ1v) is 20.5. The van der Waals surface area contributed by atoms with Gasteiger partial charge in [-0.1, -0.05) is 166 Å². The molecule has 1 aliphatic heterocycles. The molecule has 278 valence electrons. The average Bonchev–Trinajstić information content (AvgIpc) is 3.42. The molecule has 0 unspecified atom stereocenters. The monoisotopic (exact) mass is 753 g/mol. The molecule has 0 N–H and O–H groups in total. The van der Waals surface area contributed by atoms with E-state index in [1.807, 2.05) is 0 Å². The van der Waals surface area contributed by atoms with Gasteiger partial charge in [0.2, 0.25) is 0 Å². The van der Waals surface area contributed by atoms with Gasteiger partial charge in [0.15, 0.2) is 0 Å². The Kier molecular flexibility index (Phi) is 7.31. The summed E-state index contributed by atoms with van der Waals surface area (Å²) in [5.74, 6) is 1.69. The standard InChI is InChI=1S/C57H39NO/c1-57(2)52-26-13-12-22-45(52)46-29-27-40(34-53(46)57)58(54-33-39-19-8-9-20-42(39)44-21-10-11-23-47(44)54)41-28-30-48-50-31-37-17-6-7-18-38(37)32-51(50)49-25-14-24-43(36-15-4-3-5-16-36)56(49)59-55(48)35-41/h3-35H,1-2H3. The van der Waals surface area contributed by atoms with E-state index in [0.29, 0.717) is 0 Å². The van der Waals surface area contributed by atoms with Gasteiger partial charge in [-0.15, -0.1) is 0 Å². The minimum atomic E-state index is -0.153. The zero-order valence-electron chi connectivity index (χ0n) is 32.9. The van der Waals surface area contributed by atoms with E-state index in [1.165, 1.54) is 60.1 Å². The predicted octanol–water partition coefficient (Wildman–Crippen LogP) is 16.0. The van der Waals surface area contributed by atoms with Crippen molar-refractivity contribution in [2.24, 2.45) is 0 Å². The molecular formula is C57H39NO. The summed E-state index contributed by atoms with van der Waals surface area (Å²) in [7, 11) is 0. The Balaban J connectivity index is 1.13. The number of anilines is 3. The number of fused-ring (bicyclic) bond motifs is 12. The fourth-order valence-electron chi connectivity index (χ4n) is 9.94. The van der Waals surface area contributed by atoms with Crippen LogP contribution in [0.15, 0.2) is 200 Å². The van der Waals surface area contributed by atoms with E-state index >= 15 is 0 Å². The van der Waals surface area contributed by atoms with E-state index in [0.717, 1.165) is 56.4 Å². The van der Waals surface area contributed by atoms with E-state index in [-0.39, 0.29) is 5.41 Å². The first-order valence-electron chi connectivity index (χ1n) is 20.5. The summed E-state index contributed by atoms with van der Waals surface area (Å²) in [5, 5.41) is 7.28. The van der Waals surface area contributed by atoms with Crippen molar-refractivity contribution in [3.63, 3.8) is 0 Å². The summed E-state index contributed by atoms with van der Waals surface area (Å²) >= 11 is 0. The first-order chi connectivity index (χ1) is 29.0. The number of nitrogens with zero attached hydrogens (tertiary/aromatic N) is 1. The molecule has 0 radical (unpaired) electrons. The van der Waals surface area contributed by atoms with Gasteiger partial charge in [-0.3, -0.25) is 0 Å². The molecule has 0 atom stereocenters. The predicted molar refractivity (Wildman–Crippen MR) is 248 cm³/mol. The Morgan fingerprint density at radius 2 is 0.949 bits per heavy atom. The Bertz CT molecular complexity index is 3340. The lowest BCUT2D eigenvalue weighted by molar-refractivity contribution is 0.489. The topological polar surface area (TPSA) is 12.5 Å². The maximum atomic E-state index is 7.34. The van der Waals surface area contributed by atoms with Crippen LogP contribution in [0, 0.1) is 0 Å². The van der Waals surface area contributed by atoms with Crippen LogP contribution < -0.4 is 9.64 Å². The molecule has 10 aromatic rings. The van der Waals surface area contributed by atoms with Gasteiger partial charge >= 0.3 is 0 Å². The van der Waals surface area contributed by atoms with Crippen molar-refractivity contribution in [2.75, 3.05) is 4.90 Å². The molecule has 59 heavy (non-hydrogen) atoms. The van der Waals surface area contributed by atoms with Crippen molar-refractivity contribution < 1.29 is 4.74 Å². The van der Waals surface area contributed by atoms with Crippen molar-refractivity contribution in [3.8, 4) is 56.0 Å². The minimum Gasteiger partial charge on any atom is -0.455 e. The molecule has 1 heterocycles. The van der Waals surface area contributed by atoms with E-state index in [1.54, 1.807) is 0 Å². The fourth-order valence-corrected chi connectivity index (χ4v) is 9.94. The molecule has 0 amide bonds. The Morgan fingerprint density at radius 3 is 1.75 bits per heavy atom. The van der Waals surface area contributed by atoms with Gasteiger partial charge in [0.1, 0.15) is 11.5 Å². The van der Waals surface area contributed by atoms with Gasteiger partial charge in [0.25, 0.3) is 0 Å². The molecule has 0 saturated heterocycles. The molecule has 10 aromatic carbocycles. The molecule has 2 aliphatic rings. The van der Waals surface area contributed by atoms with Crippen LogP contribution in [0.3, 0.4) is 0 Å². The molecule has 0 spiro atoms.